The number of hydrogen-bond acceptors (Lipinski definition) is 1. The molecule has 8 aromatic carbocycles. The summed E-state index contributed by atoms with van der Waals surface area (Å²) in [7, 11) is 0. The van der Waals surface area contributed by atoms with Gasteiger partial charge in [-0.1, -0.05) is 190 Å². The molecule has 0 N–H and O–H groups in total. The van der Waals surface area contributed by atoms with E-state index in [0.29, 0.717) is 11.8 Å². The summed E-state index contributed by atoms with van der Waals surface area (Å²) in [6, 6.07) is 68.1. The van der Waals surface area contributed by atoms with Crippen LogP contribution in [0.25, 0.3) is 50.1 Å². The molecule has 0 aromatic heterocycles. The monoisotopic (exact) mass is 905 g/mol. The van der Waals surface area contributed by atoms with Crippen molar-refractivity contribution in [1.82, 2.24) is 0 Å². The van der Waals surface area contributed by atoms with Gasteiger partial charge in [-0.05, 0) is 196 Å². The van der Waals surface area contributed by atoms with Gasteiger partial charge in [0, 0.05) is 27.9 Å². The van der Waals surface area contributed by atoms with Crippen molar-refractivity contribution in [3.05, 3.63) is 239 Å². The number of hydrogen-bond donors (Lipinski definition) is 0. The highest BCUT2D eigenvalue weighted by Gasteiger charge is 2.41. The highest BCUT2D eigenvalue weighted by molar-refractivity contribution is 5.97. The van der Waals surface area contributed by atoms with Crippen LogP contribution in [0.5, 0.6) is 0 Å². The van der Waals surface area contributed by atoms with E-state index >= 15 is 0 Å². The highest BCUT2D eigenvalue weighted by Crippen LogP contribution is 2.57. The Morgan fingerprint density at radius 3 is 1.63 bits per heavy atom. The minimum Gasteiger partial charge on any atom is -0.310 e. The van der Waals surface area contributed by atoms with E-state index in [2.05, 4.69) is 234 Å². The van der Waals surface area contributed by atoms with Crippen LogP contribution in [-0.2, 0) is 10.8 Å². The van der Waals surface area contributed by atoms with E-state index < -0.39 is 0 Å². The maximum Gasteiger partial charge on any atom is 0.0468 e. The molecule has 4 bridgehead atoms. The second-order valence-electron chi connectivity index (χ2n) is 22.5. The van der Waals surface area contributed by atoms with Gasteiger partial charge >= 0.3 is 0 Å². The minimum atomic E-state index is -0.273. The van der Waals surface area contributed by atoms with E-state index in [1.807, 2.05) is 0 Å². The molecule has 6 aliphatic rings. The quantitative estimate of drug-likeness (QED) is 0.166. The van der Waals surface area contributed by atoms with Gasteiger partial charge in [-0.25, -0.2) is 0 Å². The van der Waals surface area contributed by atoms with Gasteiger partial charge in [0.1, 0.15) is 0 Å². The zero-order valence-corrected chi connectivity index (χ0v) is 41.5. The van der Waals surface area contributed by atoms with Crippen molar-refractivity contribution < 1.29 is 0 Å². The molecule has 0 radical (unpaired) electrons. The molecule has 0 spiro atoms. The summed E-state index contributed by atoms with van der Waals surface area (Å²) in [5, 5.41) is 0. The molecule has 3 atom stereocenters. The van der Waals surface area contributed by atoms with E-state index in [-0.39, 0.29) is 10.8 Å². The van der Waals surface area contributed by atoms with Crippen LogP contribution in [0.3, 0.4) is 0 Å². The van der Waals surface area contributed by atoms with Crippen LogP contribution < -0.4 is 4.90 Å². The third-order valence-electron chi connectivity index (χ3n) is 17.5. The van der Waals surface area contributed by atoms with Crippen molar-refractivity contribution in [2.24, 2.45) is 11.8 Å². The standard InChI is InChI=1S/C69H63N/c1-44-21-29-62-59-20-12-11-19-58(59)61-32-28-55(42-65(61)63-30-22-45(2)35-67(63)68(3,4)66(62)34-44)70(53-25-23-48(24-26-53)49-14-13-33-69(5,43-49)52-15-7-6-8-16-52)54-27-31-60-57-18-10-9-17-56(57)50-37-46-36-47(38-50)40-51(39-46)64(60)41-54/h6-32,34-35,41-43,46-47,50-51H,33,36-40H2,1-5H3. The van der Waals surface area contributed by atoms with Gasteiger partial charge in [0.25, 0.3) is 0 Å². The Labute approximate surface area is 416 Å². The Morgan fingerprint density at radius 2 is 0.943 bits per heavy atom. The Kier molecular flexibility index (Phi) is 10.2. The molecule has 0 heterocycles. The number of nitrogens with zero attached hydrogens (tertiary/aromatic N) is 1. The lowest BCUT2D eigenvalue weighted by molar-refractivity contribution is 0.153. The highest BCUT2D eigenvalue weighted by atomic mass is 15.1. The molecule has 14 rings (SSSR count). The topological polar surface area (TPSA) is 3.24 Å². The molecule has 344 valence electrons. The third-order valence-corrected chi connectivity index (χ3v) is 17.5. The number of aryl methyl sites for hydroxylation is 2. The zero-order chi connectivity index (χ0) is 47.3. The summed E-state index contributed by atoms with van der Waals surface area (Å²) < 4.78 is 0. The van der Waals surface area contributed by atoms with Gasteiger partial charge in [-0.2, -0.15) is 0 Å². The van der Waals surface area contributed by atoms with Crippen LogP contribution >= 0.6 is 0 Å². The van der Waals surface area contributed by atoms with Crippen molar-refractivity contribution >= 4 is 22.6 Å². The van der Waals surface area contributed by atoms with Crippen LogP contribution in [0.4, 0.5) is 17.1 Å². The Morgan fingerprint density at radius 1 is 0.429 bits per heavy atom. The van der Waals surface area contributed by atoms with Gasteiger partial charge in [-0.15, -0.1) is 0 Å². The predicted octanol–water partition coefficient (Wildman–Crippen LogP) is 18.8. The molecule has 3 unspecified atom stereocenters. The molecule has 1 heteroatoms. The molecule has 0 amide bonds. The van der Waals surface area contributed by atoms with Crippen molar-refractivity contribution in [3.63, 3.8) is 0 Å². The maximum absolute atomic E-state index is 2.61. The normalized spacial score (nSPS) is 22.2. The molecule has 1 nitrogen and oxygen atoms in total. The molecular weight excluding hydrogens is 843 g/mol. The van der Waals surface area contributed by atoms with Gasteiger partial charge in [0.05, 0.1) is 0 Å². The van der Waals surface area contributed by atoms with Crippen LogP contribution in [0.2, 0.25) is 0 Å². The first-order valence-corrected chi connectivity index (χ1v) is 26.1. The van der Waals surface area contributed by atoms with Crippen LogP contribution in [-0.4, -0.2) is 0 Å². The second kappa shape index (κ2) is 16.6. The van der Waals surface area contributed by atoms with Crippen molar-refractivity contribution in [2.45, 2.75) is 95.8 Å². The average molecular weight is 906 g/mol. The van der Waals surface area contributed by atoms with Crippen LogP contribution in [0.15, 0.2) is 194 Å². The fourth-order valence-electron chi connectivity index (χ4n) is 14.1. The van der Waals surface area contributed by atoms with E-state index in [1.165, 1.54) is 133 Å². The zero-order valence-electron chi connectivity index (χ0n) is 41.5. The molecule has 70 heavy (non-hydrogen) atoms. The van der Waals surface area contributed by atoms with E-state index in [0.717, 1.165) is 23.9 Å². The molecule has 6 aliphatic carbocycles. The number of fused-ring (bicyclic) bond motifs is 7. The summed E-state index contributed by atoms with van der Waals surface area (Å²) in [4.78, 5) is 2.57. The number of allylic oxidation sites excluding steroid dienone is 4. The summed E-state index contributed by atoms with van der Waals surface area (Å²) in [6.07, 6.45) is 14.8. The van der Waals surface area contributed by atoms with Gasteiger partial charge < -0.3 is 4.90 Å². The first-order valence-electron chi connectivity index (χ1n) is 26.1. The molecular formula is C69H63N. The Hall–Kier alpha value is -6.96. The SMILES string of the molecule is Cc1ccc2c(c1)C(C)(C)c1cc(C)ccc1-c1cc(N(c3ccc(C4=CC(C)(c5ccccc5)CC=C4)cc3)c3ccc4c(c3)C3CC5CC(CC(C5)c5ccccc5-4)C3)ccc1-c1ccccc1-2. The van der Waals surface area contributed by atoms with Crippen molar-refractivity contribution in [2.75, 3.05) is 4.90 Å². The molecule has 8 aromatic rings. The maximum atomic E-state index is 2.61. The molecule has 2 fully saturated rings. The lowest BCUT2D eigenvalue weighted by atomic mass is 9.63. The lowest BCUT2D eigenvalue weighted by Crippen LogP contribution is -2.29. The lowest BCUT2D eigenvalue weighted by Gasteiger charge is -2.42. The number of benzene rings is 8. The summed E-state index contributed by atoms with van der Waals surface area (Å²) in [5.74, 6) is 2.80. The predicted molar refractivity (Wildman–Crippen MR) is 296 cm³/mol. The van der Waals surface area contributed by atoms with Crippen LogP contribution in [0, 0.1) is 25.7 Å². The first-order chi connectivity index (χ1) is 34.1. The second-order valence-corrected chi connectivity index (χ2v) is 22.5. The largest absolute Gasteiger partial charge is 0.310 e. The smallest absolute Gasteiger partial charge is 0.0468 e. The molecule has 0 aliphatic heterocycles. The Balaban J connectivity index is 1.02. The van der Waals surface area contributed by atoms with Gasteiger partial charge in [0.15, 0.2) is 0 Å². The molecule has 0 saturated heterocycles. The van der Waals surface area contributed by atoms with E-state index in [9.17, 15) is 0 Å². The Bertz CT molecular complexity index is 3400. The summed E-state index contributed by atoms with van der Waals surface area (Å²) >= 11 is 0. The van der Waals surface area contributed by atoms with Crippen molar-refractivity contribution in [3.8, 4) is 44.5 Å². The summed E-state index contributed by atoms with van der Waals surface area (Å²) in [5.41, 5.74) is 26.1. The first kappa shape index (κ1) is 43.1. The fraction of sp³-hybridized carbons (Fsp3) is 0.246. The average Bonchev–Trinajstić information content (AvgIpc) is 3.45. The van der Waals surface area contributed by atoms with Gasteiger partial charge in [0.2, 0.25) is 0 Å². The van der Waals surface area contributed by atoms with Gasteiger partial charge in [-0.3, -0.25) is 0 Å². The minimum absolute atomic E-state index is 0.0608. The number of rotatable bonds is 5. The number of anilines is 3. The fourth-order valence-corrected chi connectivity index (χ4v) is 14.1. The summed E-state index contributed by atoms with van der Waals surface area (Å²) in [6.45, 7) is 11.7. The van der Waals surface area contributed by atoms with Crippen LogP contribution in [0.1, 0.15) is 116 Å². The third kappa shape index (κ3) is 7.18. The van der Waals surface area contributed by atoms with E-state index in [1.54, 1.807) is 5.56 Å². The van der Waals surface area contributed by atoms with Crippen molar-refractivity contribution in [1.29, 1.82) is 0 Å². The van der Waals surface area contributed by atoms with E-state index in [4.69, 9.17) is 0 Å². The molecule has 2 saturated carbocycles.